The summed E-state index contributed by atoms with van der Waals surface area (Å²) in [5.74, 6) is 0. The number of piperidine rings is 1. The molecule has 1 fully saturated rings. The first-order valence-electron chi connectivity index (χ1n) is 7.51. The first-order valence-corrected chi connectivity index (χ1v) is 7.51. The maximum atomic E-state index is 4.29. The lowest BCUT2D eigenvalue weighted by molar-refractivity contribution is 0.132. The third-order valence-electron chi connectivity index (χ3n) is 3.79. The number of hydrogen-bond donors (Lipinski definition) is 1. The van der Waals surface area contributed by atoms with Crippen molar-refractivity contribution < 1.29 is 0 Å². The molecule has 0 radical (unpaired) electrons. The maximum Gasteiger partial charge on any atom is 0.0536 e. The Morgan fingerprint density at radius 2 is 2.11 bits per heavy atom. The minimum atomic E-state index is 0.213. The first-order chi connectivity index (χ1) is 9.04. The van der Waals surface area contributed by atoms with Crippen LogP contribution in [0.2, 0.25) is 0 Å². The van der Waals surface area contributed by atoms with Crippen molar-refractivity contribution in [1.82, 2.24) is 20.0 Å². The number of nitrogens with one attached hydrogen (secondary N) is 1. The van der Waals surface area contributed by atoms with E-state index >= 15 is 0 Å². The smallest absolute Gasteiger partial charge is 0.0536 e. The molecule has 1 atom stereocenters. The van der Waals surface area contributed by atoms with Gasteiger partial charge in [0.15, 0.2) is 0 Å². The van der Waals surface area contributed by atoms with Crippen molar-refractivity contribution in [1.29, 1.82) is 0 Å². The SMILES string of the molecule is CC(C)(C)NCC1CCCCN1CCn1cccn1. The molecule has 0 bridgehead atoms. The van der Waals surface area contributed by atoms with Crippen LogP contribution in [0.4, 0.5) is 0 Å². The number of rotatable bonds is 5. The number of likely N-dealkylation sites (tertiary alicyclic amines) is 1. The Morgan fingerprint density at radius 3 is 2.79 bits per heavy atom. The fraction of sp³-hybridized carbons (Fsp3) is 0.800. The lowest BCUT2D eigenvalue weighted by atomic mass is 10.0. The second-order valence-corrected chi connectivity index (χ2v) is 6.59. The van der Waals surface area contributed by atoms with E-state index in [-0.39, 0.29) is 5.54 Å². The average molecular weight is 264 g/mol. The molecule has 2 rings (SSSR count). The Labute approximate surface area is 117 Å². The molecule has 2 heterocycles. The second-order valence-electron chi connectivity index (χ2n) is 6.59. The summed E-state index contributed by atoms with van der Waals surface area (Å²) in [7, 11) is 0. The van der Waals surface area contributed by atoms with Crippen molar-refractivity contribution >= 4 is 0 Å². The minimum absolute atomic E-state index is 0.213. The lowest BCUT2D eigenvalue weighted by Crippen LogP contribution is -2.50. The van der Waals surface area contributed by atoms with E-state index in [0.717, 1.165) is 19.6 Å². The molecule has 19 heavy (non-hydrogen) atoms. The highest BCUT2D eigenvalue weighted by Gasteiger charge is 2.23. The van der Waals surface area contributed by atoms with Crippen molar-refractivity contribution in [2.45, 2.75) is 58.2 Å². The molecule has 108 valence electrons. The van der Waals surface area contributed by atoms with E-state index in [2.05, 4.69) is 36.1 Å². The van der Waals surface area contributed by atoms with Crippen LogP contribution in [0.3, 0.4) is 0 Å². The standard InChI is InChI=1S/C15H28N4/c1-15(2,3)16-13-14-7-4-5-9-18(14)11-12-19-10-6-8-17-19/h6,8,10,14,16H,4-5,7,9,11-13H2,1-3H3. The van der Waals surface area contributed by atoms with Crippen LogP contribution in [-0.4, -0.2) is 45.9 Å². The molecule has 0 aromatic carbocycles. The average Bonchev–Trinajstić information content (AvgIpc) is 2.87. The van der Waals surface area contributed by atoms with Gasteiger partial charge >= 0.3 is 0 Å². The van der Waals surface area contributed by atoms with Gasteiger partial charge in [-0.05, 0) is 46.2 Å². The van der Waals surface area contributed by atoms with Gasteiger partial charge in [-0.2, -0.15) is 5.10 Å². The van der Waals surface area contributed by atoms with Gasteiger partial charge in [-0.3, -0.25) is 9.58 Å². The third kappa shape index (κ3) is 4.96. The molecule has 1 aliphatic rings. The molecule has 0 amide bonds. The normalized spacial score (nSPS) is 21.7. The topological polar surface area (TPSA) is 33.1 Å². The summed E-state index contributed by atoms with van der Waals surface area (Å²) in [6, 6.07) is 2.68. The molecule has 0 aliphatic carbocycles. The van der Waals surface area contributed by atoms with Gasteiger partial charge < -0.3 is 5.32 Å². The van der Waals surface area contributed by atoms with Crippen LogP contribution in [-0.2, 0) is 6.54 Å². The van der Waals surface area contributed by atoms with E-state index in [1.807, 2.05) is 23.1 Å². The fourth-order valence-corrected chi connectivity index (χ4v) is 2.67. The van der Waals surface area contributed by atoms with Crippen LogP contribution in [0.15, 0.2) is 18.5 Å². The van der Waals surface area contributed by atoms with Gasteiger partial charge in [-0.1, -0.05) is 6.42 Å². The predicted molar refractivity (Wildman–Crippen MR) is 79.2 cm³/mol. The van der Waals surface area contributed by atoms with Crippen LogP contribution < -0.4 is 5.32 Å². The monoisotopic (exact) mass is 264 g/mol. The van der Waals surface area contributed by atoms with Crippen LogP contribution in [0.25, 0.3) is 0 Å². The highest BCUT2D eigenvalue weighted by Crippen LogP contribution is 2.17. The highest BCUT2D eigenvalue weighted by atomic mass is 15.3. The predicted octanol–water partition coefficient (Wildman–Crippen LogP) is 2.13. The van der Waals surface area contributed by atoms with Crippen LogP contribution in [0.5, 0.6) is 0 Å². The summed E-state index contributed by atoms with van der Waals surface area (Å²) in [5, 5.41) is 7.94. The summed E-state index contributed by atoms with van der Waals surface area (Å²) in [6.07, 6.45) is 7.93. The molecule has 1 N–H and O–H groups in total. The number of nitrogens with zero attached hydrogens (tertiary/aromatic N) is 3. The van der Waals surface area contributed by atoms with Gasteiger partial charge in [0.05, 0.1) is 6.54 Å². The van der Waals surface area contributed by atoms with Gasteiger partial charge in [-0.15, -0.1) is 0 Å². The molecule has 1 aromatic rings. The van der Waals surface area contributed by atoms with Gasteiger partial charge in [0.1, 0.15) is 0 Å². The van der Waals surface area contributed by atoms with E-state index in [9.17, 15) is 0 Å². The van der Waals surface area contributed by atoms with Gasteiger partial charge in [0.25, 0.3) is 0 Å². The van der Waals surface area contributed by atoms with E-state index < -0.39 is 0 Å². The second kappa shape index (κ2) is 6.53. The van der Waals surface area contributed by atoms with Crippen molar-refractivity contribution in [2.24, 2.45) is 0 Å². The Kier molecular flexibility index (Phi) is 4.99. The van der Waals surface area contributed by atoms with Crippen LogP contribution in [0.1, 0.15) is 40.0 Å². The van der Waals surface area contributed by atoms with Crippen LogP contribution in [0, 0.1) is 0 Å². The van der Waals surface area contributed by atoms with Gasteiger partial charge in [-0.25, -0.2) is 0 Å². The quantitative estimate of drug-likeness (QED) is 0.884. The van der Waals surface area contributed by atoms with Crippen molar-refractivity contribution in [3.8, 4) is 0 Å². The lowest BCUT2D eigenvalue weighted by Gasteiger charge is -2.37. The molecule has 0 spiro atoms. The number of hydrogen-bond acceptors (Lipinski definition) is 3. The Morgan fingerprint density at radius 1 is 1.26 bits per heavy atom. The molecule has 4 nitrogen and oxygen atoms in total. The molecule has 1 unspecified atom stereocenters. The molecule has 4 heteroatoms. The first kappa shape index (κ1) is 14.5. The van der Waals surface area contributed by atoms with E-state index in [0.29, 0.717) is 6.04 Å². The summed E-state index contributed by atoms with van der Waals surface area (Å²) >= 11 is 0. The molecule has 1 saturated heterocycles. The molecular weight excluding hydrogens is 236 g/mol. The van der Waals surface area contributed by atoms with Crippen molar-refractivity contribution in [3.05, 3.63) is 18.5 Å². The maximum absolute atomic E-state index is 4.29. The zero-order valence-corrected chi connectivity index (χ0v) is 12.6. The van der Waals surface area contributed by atoms with Gasteiger partial charge in [0.2, 0.25) is 0 Å². The van der Waals surface area contributed by atoms with Crippen molar-refractivity contribution in [3.63, 3.8) is 0 Å². The Hall–Kier alpha value is -0.870. The summed E-state index contributed by atoms with van der Waals surface area (Å²) in [5.41, 5.74) is 0.213. The highest BCUT2D eigenvalue weighted by molar-refractivity contribution is 4.83. The molecule has 1 aromatic heterocycles. The molecular formula is C15H28N4. The third-order valence-corrected chi connectivity index (χ3v) is 3.79. The van der Waals surface area contributed by atoms with E-state index in [1.165, 1.54) is 25.8 Å². The Bertz CT molecular complexity index is 353. The molecule has 0 saturated carbocycles. The zero-order chi connectivity index (χ0) is 13.7. The zero-order valence-electron chi connectivity index (χ0n) is 12.6. The van der Waals surface area contributed by atoms with E-state index in [4.69, 9.17) is 0 Å². The summed E-state index contributed by atoms with van der Waals surface area (Å²) in [4.78, 5) is 2.63. The van der Waals surface area contributed by atoms with Crippen molar-refractivity contribution in [2.75, 3.05) is 19.6 Å². The van der Waals surface area contributed by atoms with E-state index in [1.54, 1.807) is 0 Å². The minimum Gasteiger partial charge on any atom is -0.311 e. The summed E-state index contributed by atoms with van der Waals surface area (Å²) < 4.78 is 2.03. The Balaban J connectivity index is 1.81. The summed E-state index contributed by atoms with van der Waals surface area (Å²) in [6.45, 7) is 11.2. The number of aromatic nitrogens is 2. The fourth-order valence-electron chi connectivity index (χ4n) is 2.67. The van der Waals surface area contributed by atoms with Crippen LogP contribution >= 0.6 is 0 Å². The largest absolute Gasteiger partial charge is 0.311 e. The van der Waals surface area contributed by atoms with Gasteiger partial charge in [0, 0.05) is 37.1 Å². The molecule has 1 aliphatic heterocycles.